The average Bonchev–Trinajstić information content (AvgIpc) is 2.83. The molecule has 1 N–H and O–H groups in total. The number of rotatable bonds is 7. The van der Waals surface area contributed by atoms with E-state index >= 15 is 0 Å². The summed E-state index contributed by atoms with van der Waals surface area (Å²) in [5.41, 5.74) is 0. The Balaban J connectivity index is 1.51. The Morgan fingerprint density at radius 2 is 1.70 bits per heavy atom. The Bertz CT molecular complexity index is 364. The third-order valence-corrected chi connectivity index (χ3v) is 4.21. The zero-order chi connectivity index (χ0) is 14.0. The first-order valence-corrected chi connectivity index (χ1v) is 8.25. The minimum atomic E-state index is 0.262. The van der Waals surface area contributed by atoms with E-state index in [-0.39, 0.29) is 5.91 Å². The fourth-order valence-electron chi connectivity index (χ4n) is 3.00. The van der Waals surface area contributed by atoms with Crippen LogP contribution in [0.15, 0.2) is 24.5 Å². The lowest BCUT2D eigenvalue weighted by atomic mass is 10.1. The molecule has 0 atom stereocenters. The van der Waals surface area contributed by atoms with E-state index in [0.717, 1.165) is 25.8 Å². The van der Waals surface area contributed by atoms with E-state index in [4.69, 9.17) is 0 Å². The third kappa shape index (κ3) is 5.81. The zero-order valence-corrected chi connectivity index (χ0v) is 12.5. The van der Waals surface area contributed by atoms with Crippen molar-refractivity contribution in [2.45, 2.75) is 76.8 Å². The molecule has 1 aromatic rings. The molecule has 112 valence electrons. The standard InChI is InChI=1S/C17H28N2O/c20-17(18-16-10-4-1-2-5-11-16)12-6-3-7-13-19-14-8-9-15-19/h8-9,14-16H,1-7,10-13H2,(H,18,20). The van der Waals surface area contributed by atoms with E-state index in [1.165, 1.54) is 38.5 Å². The first-order valence-electron chi connectivity index (χ1n) is 8.25. The zero-order valence-electron chi connectivity index (χ0n) is 12.5. The first-order chi connectivity index (χ1) is 9.84. The van der Waals surface area contributed by atoms with Crippen molar-refractivity contribution in [2.24, 2.45) is 0 Å². The van der Waals surface area contributed by atoms with Crippen LogP contribution in [0.1, 0.15) is 64.2 Å². The molecule has 0 saturated heterocycles. The van der Waals surface area contributed by atoms with E-state index in [1.54, 1.807) is 0 Å². The number of nitrogens with one attached hydrogen (secondary N) is 1. The molecule has 1 aliphatic carbocycles. The van der Waals surface area contributed by atoms with E-state index in [2.05, 4.69) is 34.4 Å². The second kappa shape index (κ2) is 8.83. The summed E-state index contributed by atoms with van der Waals surface area (Å²) in [7, 11) is 0. The van der Waals surface area contributed by atoms with Gasteiger partial charge in [0.05, 0.1) is 0 Å². The molecule has 0 spiro atoms. The molecule has 2 rings (SSSR count). The number of nitrogens with zero attached hydrogens (tertiary/aromatic N) is 1. The summed E-state index contributed by atoms with van der Waals surface area (Å²) in [6.07, 6.45) is 15.8. The first kappa shape index (κ1) is 15.1. The highest BCUT2D eigenvalue weighted by Crippen LogP contribution is 2.17. The molecule has 3 heteroatoms. The largest absolute Gasteiger partial charge is 0.354 e. The number of carbonyl (C=O) groups is 1. The van der Waals surface area contributed by atoms with Crippen LogP contribution in [0.5, 0.6) is 0 Å². The van der Waals surface area contributed by atoms with Gasteiger partial charge in [0.1, 0.15) is 0 Å². The van der Waals surface area contributed by atoms with Crippen LogP contribution >= 0.6 is 0 Å². The molecule has 0 radical (unpaired) electrons. The number of unbranched alkanes of at least 4 members (excludes halogenated alkanes) is 2. The minimum Gasteiger partial charge on any atom is -0.354 e. The van der Waals surface area contributed by atoms with Crippen LogP contribution in [-0.2, 0) is 11.3 Å². The maximum atomic E-state index is 11.9. The number of aryl methyl sites for hydroxylation is 1. The van der Waals surface area contributed by atoms with Crippen LogP contribution in [0, 0.1) is 0 Å². The molecule has 1 aromatic heterocycles. The van der Waals surface area contributed by atoms with Crippen LogP contribution in [-0.4, -0.2) is 16.5 Å². The van der Waals surface area contributed by atoms with Crippen LogP contribution in [0.25, 0.3) is 0 Å². The van der Waals surface area contributed by atoms with Crippen molar-refractivity contribution in [2.75, 3.05) is 0 Å². The molecule has 1 saturated carbocycles. The number of hydrogen-bond donors (Lipinski definition) is 1. The average molecular weight is 276 g/mol. The topological polar surface area (TPSA) is 34.0 Å². The van der Waals surface area contributed by atoms with E-state index in [9.17, 15) is 4.79 Å². The summed E-state index contributed by atoms with van der Waals surface area (Å²) < 4.78 is 2.20. The van der Waals surface area contributed by atoms with Gasteiger partial charge < -0.3 is 9.88 Å². The predicted molar refractivity (Wildman–Crippen MR) is 82.5 cm³/mol. The summed E-state index contributed by atoms with van der Waals surface area (Å²) in [5.74, 6) is 0.262. The van der Waals surface area contributed by atoms with Gasteiger partial charge in [0.2, 0.25) is 5.91 Å². The lowest BCUT2D eigenvalue weighted by Gasteiger charge is -2.16. The van der Waals surface area contributed by atoms with Gasteiger partial charge in [0.15, 0.2) is 0 Å². The van der Waals surface area contributed by atoms with Gasteiger partial charge in [-0.3, -0.25) is 4.79 Å². The van der Waals surface area contributed by atoms with Gasteiger partial charge in [-0.1, -0.05) is 32.1 Å². The maximum absolute atomic E-state index is 11.9. The molecule has 20 heavy (non-hydrogen) atoms. The molecule has 0 bridgehead atoms. The summed E-state index contributed by atoms with van der Waals surface area (Å²) in [6.45, 7) is 1.07. The van der Waals surface area contributed by atoms with E-state index < -0.39 is 0 Å². The highest BCUT2D eigenvalue weighted by Gasteiger charge is 2.14. The summed E-state index contributed by atoms with van der Waals surface area (Å²) in [4.78, 5) is 11.9. The summed E-state index contributed by atoms with van der Waals surface area (Å²) in [5, 5.41) is 3.22. The molecule has 1 aliphatic rings. The smallest absolute Gasteiger partial charge is 0.220 e. The molecular weight excluding hydrogens is 248 g/mol. The van der Waals surface area contributed by atoms with Crippen molar-refractivity contribution < 1.29 is 4.79 Å². The van der Waals surface area contributed by atoms with Crippen molar-refractivity contribution in [1.82, 2.24) is 9.88 Å². The van der Waals surface area contributed by atoms with Crippen molar-refractivity contribution in [3.05, 3.63) is 24.5 Å². The lowest BCUT2D eigenvalue weighted by Crippen LogP contribution is -2.34. The molecule has 1 heterocycles. The van der Waals surface area contributed by atoms with Gasteiger partial charge in [0, 0.05) is 31.4 Å². The number of carbonyl (C=O) groups excluding carboxylic acids is 1. The molecule has 0 unspecified atom stereocenters. The Kier molecular flexibility index (Phi) is 6.69. The Labute approximate surface area is 122 Å². The Morgan fingerprint density at radius 3 is 2.40 bits per heavy atom. The molecule has 0 aromatic carbocycles. The molecule has 1 amide bonds. The van der Waals surface area contributed by atoms with Gasteiger partial charge in [-0.15, -0.1) is 0 Å². The van der Waals surface area contributed by atoms with Crippen molar-refractivity contribution in [3.63, 3.8) is 0 Å². The number of aromatic nitrogens is 1. The van der Waals surface area contributed by atoms with Crippen molar-refractivity contribution in [1.29, 1.82) is 0 Å². The molecular formula is C17H28N2O. The lowest BCUT2D eigenvalue weighted by molar-refractivity contribution is -0.122. The fraction of sp³-hybridized carbons (Fsp3) is 0.706. The van der Waals surface area contributed by atoms with E-state index in [0.29, 0.717) is 12.5 Å². The monoisotopic (exact) mass is 276 g/mol. The van der Waals surface area contributed by atoms with Crippen LogP contribution in [0.4, 0.5) is 0 Å². The van der Waals surface area contributed by atoms with Gasteiger partial charge in [-0.25, -0.2) is 0 Å². The minimum absolute atomic E-state index is 0.262. The predicted octanol–water partition coefficient (Wildman–Crippen LogP) is 3.89. The van der Waals surface area contributed by atoms with Crippen LogP contribution in [0.2, 0.25) is 0 Å². The molecule has 3 nitrogen and oxygen atoms in total. The second-order valence-corrected chi connectivity index (χ2v) is 5.99. The van der Waals surface area contributed by atoms with Gasteiger partial charge in [-0.2, -0.15) is 0 Å². The maximum Gasteiger partial charge on any atom is 0.220 e. The van der Waals surface area contributed by atoms with Crippen molar-refractivity contribution >= 4 is 5.91 Å². The quantitative estimate of drug-likeness (QED) is 0.595. The summed E-state index contributed by atoms with van der Waals surface area (Å²) >= 11 is 0. The molecule has 1 fully saturated rings. The van der Waals surface area contributed by atoms with E-state index in [1.807, 2.05) is 0 Å². The SMILES string of the molecule is O=C(CCCCCn1cccc1)NC1CCCCCC1. The highest BCUT2D eigenvalue weighted by molar-refractivity contribution is 5.76. The number of hydrogen-bond acceptors (Lipinski definition) is 1. The normalized spacial score (nSPS) is 16.8. The van der Waals surface area contributed by atoms with Gasteiger partial charge in [-0.05, 0) is 37.8 Å². The summed E-state index contributed by atoms with van der Waals surface area (Å²) in [6, 6.07) is 4.56. The Hall–Kier alpha value is -1.25. The number of amides is 1. The Morgan fingerprint density at radius 1 is 1.00 bits per heavy atom. The molecule has 0 aliphatic heterocycles. The van der Waals surface area contributed by atoms with Gasteiger partial charge in [0.25, 0.3) is 0 Å². The third-order valence-electron chi connectivity index (χ3n) is 4.21. The van der Waals surface area contributed by atoms with Crippen LogP contribution < -0.4 is 5.32 Å². The second-order valence-electron chi connectivity index (χ2n) is 5.99. The van der Waals surface area contributed by atoms with Crippen molar-refractivity contribution in [3.8, 4) is 0 Å². The van der Waals surface area contributed by atoms with Crippen LogP contribution in [0.3, 0.4) is 0 Å². The highest BCUT2D eigenvalue weighted by atomic mass is 16.1. The van der Waals surface area contributed by atoms with Gasteiger partial charge >= 0.3 is 0 Å². The fourth-order valence-corrected chi connectivity index (χ4v) is 3.00.